The molecule has 9 aromatic rings. The maximum Gasteiger partial charge on any atom is 0.164 e. The van der Waals surface area contributed by atoms with Gasteiger partial charge in [-0.2, -0.15) is 0 Å². The normalized spacial score (nSPS) is 11.2. The van der Waals surface area contributed by atoms with Gasteiger partial charge in [0.15, 0.2) is 17.5 Å². The predicted octanol–water partition coefficient (Wildman–Crippen LogP) is 11.6. The summed E-state index contributed by atoms with van der Waals surface area (Å²) < 4.78 is 0. The highest BCUT2D eigenvalue weighted by Gasteiger charge is 2.17. The number of aromatic nitrogens is 4. The molecule has 0 unspecified atom stereocenters. The van der Waals surface area contributed by atoms with Crippen LogP contribution < -0.4 is 0 Å². The molecule has 234 valence electrons. The summed E-state index contributed by atoms with van der Waals surface area (Å²) in [6, 6.07) is 62.8. The number of pyridine rings is 1. The van der Waals surface area contributed by atoms with Gasteiger partial charge in [-0.05, 0) is 40.5 Å². The summed E-state index contributed by atoms with van der Waals surface area (Å²) in [7, 11) is 0. The Morgan fingerprint density at radius 3 is 1.38 bits per heavy atom. The van der Waals surface area contributed by atoms with Gasteiger partial charge in [-0.3, -0.25) is 0 Å². The van der Waals surface area contributed by atoms with Crippen LogP contribution in [0.5, 0.6) is 0 Å². The summed E-state index contributed by atoms with van der Waals surface area (Å²) in [4.78, 5) is 20.1. The van der Waals surface area contributed by atoms with E-state index in [4.69, 9.17) is 19.9 Å². The molecule has 0 radical (unpaired) electrons. The van der Waals surface area contributed by atoms with Gasteiger partial charge in [-0.25, -0.2) is 19.9 Å². The van der Waals surface area contributed by atoms with E-state index in [1.165, 1.54) is 16.5 Å². The first-order valence-electron chi connectivity index (χ1n) is 16.7. The predicted molar refractivity (Wildman–Crippen MR) is 205 cm³/mol. The zero-order valence-corrected chi connectivity index (χ0v) is 27.1. The van der Waals surface area contributed by atoms with Gasteiger partial charge in [0.2, 0.25) is 0 Å². The van der Waals surface area contributed by atoms with Crippen LogP contribution in [-0.2, 0) is 0 Å². The van der Waals surface area contributed by atoms with E-state index in [9.17, 15) is 0 Å². The second-order valence-electron chi connectivity index (χ2n) is 12.3. The van der Waals surface area contributed by atoms with Crippen LogP contribution in [0.25, 0.3) is 89.4 Å². The summed E-state index contributed by atoms with van der Waals surface area (Å²) in [6.45, 7) is 0. The molecular weight excluding hydrogens is 609 g/mol. The molecule has 7 aromatic carbocycles. The van der Waals surface area contributed by atoms with E-state index in [1.807, 2.05) is 66.7 Å². The molecule has 4 heteroatoms. The van der Waals surface area contributed by atoms with Crippen molar-refractivity contribution in [3.05, 3.63) is 182 Å². The Labute approximate surface area is 290 Å². The zero-order valence-electron chi connectivity index (χ0n) is 27.1. The van der Waals surface area contributed by atoms with E-state index < -0.39 is 0 Å². The SMILES string of the molecule is c1ccc(-c2nc(-c3ccccc3)nc(-c3cccc(-c4ccc5nc(-c6ccccc6)c6cccc(-c7ccccc7)c6c5c4)c3)n2)cc1. The molecule has 0 bridgehead atoms. The fourth-order valence-corrected chi connectivity index (χ4v) is 6.68. The first-order chi connectivity index (χ1) is 24.8. The molecule has 50 heavy (non-hydrogen) atoms. The molecule has 4 nitrogen and oxygen atoms in total. The van der Waals surface area contributed by atoms with Gasteiger partial charge in [0.1, 0.15) is 0 Å². The van der Waals surface area contributed by atoms with Gasteiger partial charge >= 0.3 is 0 Å². The number of nitrogens with zero attached hydrogens (tertiary/aromatic N) is 4. The third-order valence-electron chi connectivity index (χ3n) is 9.10. The molecule has 0 atom stereocenters. The molecule has 2 aromatic heterocycles. The lowest BCUT2D eigenvalue weighted by Gasteiger charge is -2.15. The first-order valence-corrected chi connectivity index (χ1v) is 16.7. The third-order valence-corrected chi connectivity index (χ3v) is 9.10. The van der Waals surface area contributed by atoms with E-state index in [0.29, 0.717) is 17.5 Å². The molecule has 2 heterocycles. The number of benzene rings is 7. The lowest BCUT2D eigenvalue weighted by atomic mass is 9.91. The van der Waals surface area contributed by atoms with Crippen LogP contribution in [0.1, 0.15) is 0 Å². The maximum absolute atomic E-state index is 5.26. The summed E-state index contributed by atoms with van der Waals surface area (Å²) in [5, 5.41) is 3.43. The lowest BCUT2D eigenvalue weighted by Crippen LogP contribution is -2.00. The van der Waals surface area contributed by atoms with Gasteiger partial charge in [0.05, 0.1) is 11.2 Å². The highest BCUT2D eigenvalue weighted by molar-refractivity contribution is 6.17. The van der Waals surface area contributed by atoms with Crippen molar-refractivity contribution >= 4 is 21.7 Å². The zero-order chi connectivity index (χ0) is 33.3. The second-order valence-corrected chi connectivity index (χ2v) is 12.3. The van der Waals surface area contributed by atoms with E-state index in [2.05, 4.69) is 115 Å². The van der Waals surface area contributed by atoms with Crippen LogP contribution in [0.15, 0.2) is 182 Å². The van der Waals surface area contributed by atoms with Crippen molar-refractivity contribution in [2.24, 2.45) is 0 Å². The number of fused-ring (bicyclic) bond motifs is 3. The summed E-state index contributed by atoms with van der Waals surface area (Å²) in [6.07, 6.45) is 0. The Kier molecular flexibility index (Phi) is 7.45. The molecular formula is C46H30N4. The average Bonchev–Trinajstić information content (AvgIpc) is 3.21. The Balaban J connectivity index is 1.22. The average molecular weight is 639 g/mol. The van der Waals surface area contributed by atoms with Crippen LogP contribution >= 0.6 is 0 Å². The van der Waals surface area contributed by atoms with Crippen molar-refractivity contribution in [3.63, 3.8) is 0 Å². The maximum atomic E-state index is 5.26. The van der Waals surface area contributed by atoms with Crippen LogP contribution in [0.3, 0.4) is 0 Å². The standard InChI is InChI=1S/C46H30N4/c1-5-15-31(16-6-1)38-25-14-26-39-42(38)40-30-36(27-28-41(40)47-43(39)32-17-7-2-8-18-32)35-23-13-24-37(29-35)46-49-44(33-19-9-3-10-20-33)48-45(50-46)34-21-11-4-12-22-34/h1-30H. The van der Waals surface area contributed by atoms with Gasteiger partial charge in [0, 0.05) is 38.4 Å². The van der Waals surface area contributed by atoms with Crippen LogP contribution in [0.2, 0.25) is 0 Å². The largest absolute Gasteiger partial charge is 0.247 e. The first kappa shape index (κ1) is 29.4. The van der Waals surface area contributed by atoms with E-state index in [-0.39, 0.29) is 0 Å². The van der Waals surface area contributed by atoms with E-state index >= 15 is 0 Å². The minimum atomic E-state index is 0.631. The quantitative estimate of drug-likeness (QED) is 0.170. The lowest BCUT2D eigenvalue weighted by molar-refractivity contribution is 1.07. The highest BCUT2D eigenvalue weighted by Crippen LogP contribution is 2.40. The van der Waals surface area contributed by atoms with E-state index in [0.717, 1.165) is 55.4 Å². The molecule has 0 spiro atoms. The molecule has 9 rings (SSSR count). The fraction of sp³-hybridized carbons (Fsp3) is 0. The molecule has 0 saturated carbocycles. The molecule has 0 aliphatic rings. The Morgan fingerprint density at radius 1 is 0.280 bits per heavy atom. The topological polar surface area (TPSA) is 51.6 Å². The fourth-order valence-electron chi connectivity index (χ4n) is 6.68. The molecule has 0 fully saturated rings. The van der Waals surface area contributed by atoms with Gasteiger partial charge in [0.25, 0.3) is 0 Å². The molecule has 0 amide bonds. The molecule has 0 saturated heterocycles. The summed E-state index contributed by atoms with van der Waals surface area (Å²) >= 11 is 0. The Morgan fingerprint density at radius 2 is 0.760 bits per heavy atom. The van der Waals surface area contributed by atoms with Crippen molar-refractivity contribution in [1.29, 1.82) is 0 Å². The molecule has 0 aliphatic carbocycles. The van der Waals surface area contributed by atoms with Crippen molar-refractivity contribution in [1.82, 2.24) is 19.9 Å². The van der Waals surface area contributed by atoms with Crippen molar-refractivity contribution < 1.29 is 0 Å². The number of hydrogen-bond acceptors (Lipinski definition) is 4. The third kappa shape index (κ3) is 5.49. The molecule has 0 N–H and O–H groups in total. The van der Waals surface area contributed by atoms with E-state index in [1.54, 1.807) is 0 Å². The van der Waals surface area contributed by atoms with Gasteiger partial charge < -0.3 is 0 Å². The summed E-state index contributed by atoms with van der Waals surface area (Å²) in [5.74, 6) is 1.92. The Bertz CT molecular complexity index is 2560. The molecule has 0 aliphatic heterocycles. The van der Waals surface area contributed by atoms with Crippen molar-refractivity contribution in [3.8, 4) is 67.7 Å². The summed E-state index contributed by atoms with van der Waals surface area (Å²) in [5.41, 5.74) is 10.4. The van der Waals surface area contributed by atoms with Crippen LogP contribution in [-0.4, -0.2) is 19.9 Å². The minimum absolute atomic E-state index is 0.631. The minimum Gasteiger partial charge on any atom is -0.247 e. The number of hydrogen-bond donors (Lipinski definition) is 0. The highest BCUT2D eigenvalue weighted by atomic mass is 15.0. The Hall–Kier alpha value is -6.78. The van der Waals surface area contributed by atoms with Crippen molar-refractivity contribution in [2.45, 2.75) is 0 Å². The van der Waals surface area contributed by atoms with Crippen molar-refractivity contribution in [2.75, 3.05) is 0 Å². The monoisotopic (exact) mass is 638 g/mol. The van der Waals surface area contributed by atoms with Gasteiger partial charge in [-0.1, -0.05) is 164 Å². The smallest absolute Gasteiger partial charge is 0.164 e. The second kappa shape index (κ2) is 12.7. The van der Waals surface area contributed by atoms with Gasteiger partial charge in [-0.15, -0.1) is 0 Å². The van der Waals surface area contributed by atoms with Crippen LogP contribution in [0.4, 0.5) is 0 Å². The van der Waals surface area contributed by atoms with Crippen LogP contribution in [0, 0.1) is 0 Å². The number of rotatable bonds is 6.